The monoisotopic (exact) mass is 502 g/mol. The van der Waals surface area contributed by atoms with E-state index in [-0.39, 0.29) is 24.0 Å². The lowest BCUT2D eigenvalue weighted by Crippen LogP contribution is -2.44. The van der Waals surface area contributed by atoms with E-state index in [1.54, 1.807) is 0 Å². The molecule has 1 aliphatic carbocycles. The summed E-state index contributed by atoms with van der Waals surface area (Å²) < 4.78 is 11.6. The van der Waals surface area contributed by atoms with Crippen molar-refractivity contribution in [1.29, 1.82) is 0 Å². The lowest BCUT2D eigenvalue weighted by atomic mass is 10.2. The number of ether oxygens (including phenoxy) is 2. The number of nitrogens with zero attached hydrogens (tertiary/aromatic N) is 2. The zero-order valence-electron chi connectivity index (χ0n) is 17.0. The van der Waals surface area contributed by atoms with Crippen molar-refractivity contribution in [3.63, 3.8) is 0 Å². The molecule has 1 aromatic carbocycles. The molecular formula is C21H35IN4O2. The van der Waals surface area contributed by atoms with E-state index >= 15 is 0 Å². The van der Waals surface area contributed by atoms with Crippen molar-refractivity contribution in [2.75, 3.05) is 45.9 Å². The molecule has 0 amide bonds. The number of hydrogen-bond acceptors (Lipinski definition) is 4. The van der Waals surface area contributed by atoms with Crippen molar-refractivity contribution < 1.29 is 9.47 Å². The Morgan fingerprint density at radius 2 is 1.93 bits per heavy atom. The molecular weight excluding hydrogens is 467 g/mol. The smallest absolute Gasteiger partial charge is 0.191 e. The fourth-order valence-electron chi connectivity index (χ4n) is 3.60. The maximum Gasteiger partial charge on any atom is 0.191 e. The number of hydrogen-bond donors (Lipinski definition) is 2. The summed E-state index contributed by atoms with van der Waals surface area (Å²) in [5, 5.41) is 6.78. The topological polar surface area (TPSA) is 58.1 Å². The van der Waals surface area contributed by atoms with E-state index in [0.29, 0.717) is 12.6 Å². The first-order valence-electron chi connectivity index (χ1n) is 10.4. The average molecular weight is 502 g/mol. The van der Waals surface area contributed by atoms with Crippen LogP contribution < -0.4 is 15.4 Å². The fourth-order valence-corrected chi connectivity index (χ4v) is 3.60. The van der Waals surface area contributed by atoms with Crippen molar-refractivity contribution >= 4 is 29.9 Å². The molecule has 2 aliphatic rings. The van der Waals surface area contributed by atoms with Gasteiger partial charge in [0.15, 0.2) is 5.96 Å². The van der Waals surface area contributed by atoms with Crippen molar-refractivity contribution in [2.24, 2.45) is 4.99 Å². The maximum absolute atomic E-state index is 6.23. The van der Waals surface area contributed by atoms with Crippen molar-refractivity contribution in [3.8, 4) is 5.75 Å². The van der Waals surface area contributed by atoms with Crippen LogP contribution >= 0.6 is 24.0 Å². The zero-order chi connectivity index (χ0) is 18.7. The van der Waals surface area contributed by atoms with Crippen LogP contribution in [0.5, 0.6) is 5.75 Å². The Labute approximate surface area is 186 Å². The van der Waals surface area contributed by atoms with E-state index in [4.69, 9.17) is 14.5 Å². The van der Waals surface area contributed by atoms with Crippen molar-refractivity contribution in [3.05, 3.63) is 29.8 Å². The number of halogens is 1. The van der Waals surface area contributed by atoms with Gasteiger partial charge >= 0.3 is 0 Å². The summed E-state index contributed by atoms with van der Waals surface area (Å²) in [4.78, 5) is 7.19. The normalized spacial score (nSPS) is 18.5. The van der Waals surface area contributed by atoms with Crippen LogP contribution in [0.2, 0.25) is 0 Å². The van der Waals surface area contributed by atoms with E-state index in [9.17, 15) is 0 Å². The van der Waals surface area contributed by atoms with Crippen molar-refractivity contribution in [1.82, 2.24) is 15.5 Å². The number of rotatable bonds is 8. The van der Waals surface area contributed by atoms with Crippen LogP contribution in [-0.4, -0.2) is 62.9 Å². The van der Waals surface area contributed by atoms with E-state index in [1.807, 2.05) is 6.07 Å². The number of morpholine rings is 1. The molecule has 0 atom stereocenters. The van der Waals surface area contributed by atoms with Gasteiger partial charge in [-0.05, 0) is 38.7 Å². The molecule has 0 radical (unpaired) electrons. The van der Waals surface area contributed by atoms with Crippen LogP contribution in [0, 0.1) is 0 Å². The van der Waals surface area contributed by atoms with Gasteiger partial charge in [-0.25, -0.2) is 4.99 Å². The highest BCUT2D eigenvalue weighted by Gasteiger charge is 2.17. The van der Waals surface area contributed by atoms with Gasteiger partial charge < -0.3 is 20.1 Å². The Morgan fingerprint density at radius 3 is 2.68 bits per heavy atom. The molecule has 7 heteroatoms. The van der Waals surface area contributed by atoms with Crippen LogP contribution in [0.15, 0.2) is 29.3 Å². The van der Waals surface area contributed by atoms with Gasteiger partial charge in [0.25, 0.3) is 0 Å². The molecule has 28 heavy (non-hydrogen) atoms. The Balaban J connectivity index is 0.00000280. The Kier molecular flexibility index (Phi) is 11.0. The van der Waals surface area contributed by atoms with Gasteiger partial charge in [0.1, 0.15) is 5.75 Å². The van der Waals surface area contributed by atoms with E-state index in [2.05, 4.69) is 40.7 Å². The number of guanidine groups is 1. The van der Waals surface area contributed by atoms with Gasteiger partial charge in [-0.2, -0.15) is 0 Å². The Bertz CT molecular complexity index is 588. The quantitative estimate of drug-likeness (QED) is 0.325. The molecule has 1 aliphatic heterocycles. The van der Waals surface area contributed by atoms with Crippen LogP contribution in [0.25, 0.3) is 0 Å². The number of nitrogens with one attached hydrogen (secondary N) is 2. The third-order valence-electron chi connectivity index (χ3n) is 5.14. The number of para-hydroxylation sites is 1. The van der Waals surface area contributed by atoms with Gasteiger partial charge in [-0.3, -0.25) is 4.90 Å². The minimum Gasteiger partial charge on any atom is -0.490 e. The summed E-state index contributed by atoms with van der Waals surface area (Å²) in [5.74, 6) is 1.85. The lowest BCUT2D eigenvalue weighted by Gasteiger charge is -2.26. The predicted octanol–water partition coefficient (Wildman–Crippen LogP) is 3.01. The van der Waals surface area contributed by atoms with Gasteiger partial charge in [0, 0.05) is 38.3 Å². The van der Waals surface area contributed by atoms with E-state index in [0.717, 1.165) is 63.2 Å². The fraction of sp³-hybridized carbons (Fsp3) is 0.667. The Morgan fingerprint density at radius 1 is 1.18 bits per heavy atom. The predicted molar refractivity (Wildman–Crippen MR) is 125 cm³/mol. The second kappa shape index (κ2) is 13.2. The SMILES string of the molecule is CCNC(=NCc1ccccc1OC1CCCC1)NCCN1CCOCC1.I. The zero-order valence-corrected chi connectivity index (χ0v) is 19.3. The molecule has 1 heterocycles. The summed E-state index contributed by atoms with van der Waals surface area (Å²) in [5.41, 5.74) is 1.15. The summed E-state index contributed by atoms with van der Waals surface area (Å²) in [7, 11) is 0. The first-order chi connectivity index (χ1) is 13.3. The average Bonchev–Trinajstić information content (AvgIpc) is 3.21. The number of aliphatic imine (C=N–C) groups is 1. The molecule has 2 fully saturated rings. The summed E-state index contributed by atoms with van der Waals surface area (Å²) in [6.07, 6.45) is 5.27. The minimum atomic E-state index is 0. The molecule has 2 N–H and O–H groups in total. The van der Waals surface area contributed by atoms with Crippen LogP contribution in [0.3, 0.4) is 0 Å². The number of benzene rings is 1. The molecule has 158 valence electrons. The van der Waals surface area contributed by atoms with Crippen LogP contribution in [0.1, 0.15) is 38.2 Å². The molecule has 1 saturated heterocycles. The summed E-state index contributed by atoms with van der Waals surface area (Å²) >= 11 is 0. The van der Waals surface area contributed by atoms with Crippen molar-refractivity contribution in [2.45, 2.75) is 45.3 Å². The lowest BCUT2D eigenvalue weighted by molar-refractivity contribution is 0.0389. The molecule has 1 saturated carbocycles. The van der Waals surface area contributed by atoms with Gasteiger partial charge in [-0.15, -0.1) is 24.0 Å². The molecule has 0 aromatic heterocycles. The molecule has 0 bridgehead atoms. The molecule has 3 rings (SSSR count). The highest BCUT2D eigenvalue weighted by atomic mass is 127. The summed E-state index contributed by atoms with van der Waals surface area (Å²) in [6.45, 7) is 9.16. The van der Waals surface area contributed by atoms with Crippen LogP contribution in [0.4, 0.5) is 0 Å². The first kappa shape index (κ1) is 23.2. The highest BCUT2D eigenvalue weighted by Crippen LogP contribution is 2.26. The molecule has 0 spiro atoms. The highest BCUT2D eigenvalue weighted by molar-refractivity contribution is 14.0. The first-order valence-corrected chi connectivity index (χ1v) is 10.4. The van der Waals surface area contributed by atoms with E-state index in [1.165, 1.54) is 25.7 Å². The van der Waals surface area contributed by atoms with Gasteiger partial charge in [0.05, 0.1) is 25.9 Å². The van der Waals surface area contributed by atoms with E-state index < -0.39 is 0 Å². The molecule has 6 nitrogen and oxygen atoms in total. The second-order valence-electron chi connectivity index (χ2n) is 7.21. The molecule has 0 unspecified atom stereocenters. The second-order valence-corrected chi connectivity index (χ2v) is 7.21. The van der Waals surface area contributed by atoms with Gasteiger partial charge in [-0.1, -0.05) is 18.2 Å². The minimum absolute atomic E-state index is 0. The summed E-state index contributed by atoms with van der Waals surface area (Å²) in [6, 6.07) is 8.29. The standard InChI is InChI=1S/C21H34N4O2.HI/c1-2-22-21(23-11-12-25-13-15-26-16-14-25)24-17-18-7-3-6-10-20(18)27-19-8-4-5-9-19;/h3,6-7,10,19H,2,4-5,8-9,11-17H2,1H3,(H2,22,23,24);1H. The largest absolute Gasteiger partial charge is 0.490 e. The maximum atomic E-state index is 6.23. The van der Waals surface area contributed by atoms with Crippen LogP contribution in [-0.2, 0) is 11.3 Å². The molecule has 1 aromatic rings. The third kappa shape index (κ3) is 7.75. The van der Waals surface area contributed by atoms with Gasteiger partial charge in [0.2, 0.25) is 0 Å². The Hall–Kier alpha value is -1.06. The third-order valence-corrected chi connectivity index (χ3v) is 5.14.